The number of sulfonamides is 1. The van der Waals surface area contributed by atoms with Crippen LogP contribution in [0.3, 0.4) is 0 Å². The number of thiazole rings is 1. The van der Waals surface area contributed by atoms with Crippen molar-refractivity contribution in [2.24, 2.45) is 0 Å². The highest BCUT2D eigenvalue weighted by Crippen LogP contribution is 2.31. The molecule has 1 saturated heterocycles. The van der Waals surface area contributed by atoms with Crippen LogP contribution < -0.4 is 4.90 Å². The predicted octanol–water partition coefficient (Wildman–Crippen LogP) is 3.61. The monoisotopic (exact) mass is 516 g/mol. The fourth-order valence-corrected chi connectivity index (χ4v) is 6.80. The van der Waals surface area contributed by atoms with Crippen LogP contribution >= 0.6 is 11.3 Å². The number of ether oxygens (including phenoxy) is 1. The number of morpholine rings is 1. The molecule has 0 N–H and O–H groups in total. The van der Waals surface area contributed by atoms with Gasteiger partial charge in [-0.15, -0.1) is 0 Å². The first-order valence-corrected chi connectivity index (χ1v) is 13.9. The number of aromatic nitrogens is 1. The number of benzene rings is 2. The summed E-state index contributed by atoms with van der Waals surface area (Å²) in [6.45, 7) is 7.51. The number of fused-ring (bicyclic) bond motifs is 1. The van der Waals surface area contributed by atoms with Crippen molar-refractivity contribution in [2.75, 3.05) is 45.2 Å². The van der Waals surface area contributed by atoms with Crippen LogP contribution in [0.2, 0.25) is 0 Å². The number of hydrogen-bond donors (Lipinski definition) is 0. The normalized spacial score (nSPS) is 19.4. The Labute approximate surface area is 211 Å². The van der Waals surface area contributed by atoms with E-state index in [9.17, 15) is 13.2 Å². The molecule has 188 valence electrons. The van der Waals surface area contributed by atoms with Crippen molar-refractivity contribution >= 4 is 42.6 Å². The van der Waals surface area contributed by atoms with Gasteiger partial charge in [-0.25, -0.2) is 13.4 Å². The zero-order chi connectivity index (χ0) is 25.3. The van der Waals surface area contributed by atoms with Gasteiger partial charge in [0, 0.05) is 31.7 Å². The molecule has 2 atom stereocenters. The molecule has 3 aromatic rings. The van der Waals surface area contributed by atoms with Gasteiger partial charge in [0.25, 0.3) is 5.91 Å². The molecular weight excluding hydrogens is 484 g/mol. The molecule has 1 fully saturated rings. The molecule has 0 aliphatic carbocycles. The summed E-state index contributed by atoms with van der Waals surface area (Å²) < 4.78 is 34.5. The number of carbonyl (C=O) groups excluding carboxylic acids is 1. The Morgan fingerprint density at radius 3 is 2.37 bits per heavy atom. The quantitative estimate of drug-likeness (QED) is 0.477. The number of hydrogen-bond acceptors (Lipinski definition) is 7. The molecule has 0 unspecified atom stereocenters. The van der Waals surface area contributed by atoms with E-state index < -0.39 is 10.0 Å². The van der Waals surface area contributed by atoms with E-state index in [0.717, 1.165) is 15.8 Å². The fourth-order valence-electron chi connectivity index (χ4n) is 4.12. The molecule has 2 aromatic carbocycles. The average Bonchev–Trinajstić information content (AvgIpc) is 3.21. The van der Waals surface area contributed by atoms with Crippen molar-refractivity contribution in [3.8, 4) is 0 Å². The van der Waals surface area contributed by atoms with Gasteiger partial charge in [0.1, 0.15) is 0 Å². The molecule has 1 aliphatic heterocycles. The third-order valence-electron chi connectivity index (χ3n) is 5.90. The molecule has 10 heteroatoms. The second-order valence-electron chi connectivity index (χ2n) is 9.33. The lowest BCUT2D eigenvalue weighted by atomic mass is 10.2. The van der Waals surface area contributed by atoms with Gasteiger partial charge in [0.2, 0.25) is 10.0 Å². The summed E-state index contributed by atoms with van der Waals surface area (Å²) in [5.41, 5.74) is 2.41. The lowest BCUT2D eigenvalue weighted by Crippen LogP contribution is -2.48. The van der Waals surface area contributed by atoms with Crippen molar-refractivity contribution in [2.45, 2.75) is 37.9 Å². The largest absolute Gasteiger partial charge is 0.373 e. The first-order valence-electron chi connectivity index (χ1n) is 11.6. The van der Waals surface area contributed by atoms with E-state index in [1.54, 1.807) is 17.0 Å². The van der Waals surface area contributed by atoms with Crippen LogP contribution in [0.4, 0.5) is 5.13 Å². The summed E-state index contributed by atoms with van der Waals surface area (Å²) in [6, 6.07) is 12.2. The average molecular weight is 517 g/mol. The molecule has 1 aromatic heterocycles. The first kappa shape index (κ1) is 25.7. The maximum Gasteiger partial charge on any atom is 0.260 e. The minimum Gasteiger partial charge on any atom is -0.373 e. The fraction of sp³-hybridized carbons (Fsp3) is 0.440. The van der Waals surface area contributed by atoms with Gasteiger partial charge in [0.15, 0.2) is 5.13 Å². The van der Waals surface area contributed by atoms with E-state index in [1.165, 1.54) is 27.8 Å². The Morgan fingerprint density at radius 2 is 1.74 bits per heavy atom. The number of carbonyl (C=O) groups is 1. The minimum atomic E-state index is -3.67. The van der Waals surface area contributed by atoms with Crippen molar-refractivity contribution in [1.29, 1.82) is 0 Å². The number of likely N-dealkylation sites (N-methyl/N-ethyl adjacent to an activating group) is 1. The number of aryl methyl sites for hydroxylation is 1. The van der Waals surface area contributed by atoms with Gasteiger partial charge in [-0.05, 0) is 76.8 Å². The molecular formula is C25H32N4O4S2. The van der Waals surface area contributed by atoms with Crippen LogP contribution in [0.25, 0.3) is 10.2 Å². The second kappa shape index (κ2) is 10.3. The van der Waals surface area contributed by atoms with E-state index in [1.807, 2.05) is 51.9 Å². The summed E-state index contributed by atoms with van der Waals surface area (Å²) in [6.07, 6.45) is -0.338. The topological polar surface area (TPSA) is 83.1 Å². The van der Waals surface area contributed by atoms with Crippen LogP contribution in [0.1, 0.15) is 29.8 Å². The highest BCUT2D eigenvalue weighted by Gasteiger charge is 2.32. The Bertz CT molecular complexity index is 1290. The molecule has 0 bridgehead atoms. The van der Waals surface area contributed by atoms with Crippen LogP contribution in [-0.2, 0) is 14.8 Å². The zero-order valence-electron chi connectivity index (χ0n) is 20.8. The lowest BCUT2D eigenvalue weighted by molar-refractivity contribution is -0.0440. The Balaban J connectivity index is 1.60. The highest BCUT2D eigenvalue weighted by molar-refractivity contribution is 7.89. The summed E-state index contributed by atoms with van der Waals surface area (Å²) in [5.74, 6) is -0.208. The molecule has 0 radical (unpaired) electrons. The van der Waals surface area contributed by atoms with Crippen LogP contribution in [0.15, 0.2) is 47.4 Å². The SMILES string of the molecule is Cc1ccc2nc(N(CCN(C)C)C(=O)c3ccc(S(=O)(=O)N4C[C@H](C)O[C@@H](C)C4)cc3)sc2c1. The number of amides is 1. The molecule has 0 saturated carbocycles. The summed E-state index contributed by atoms with van der Waals surface area (Å²) >= 11 is 1.48. The van der Waals surface area contributed by atoms with E-state index in [0.29, 0.717) is 36.9 Å². The van der Waals surface area contributed by atoms with Crippen molar-refractivity contribution < 1.29 is 17.9 Å². The summed E-state index contributed by atoms with van der Waals surface area (Å²) in [7, 11) is 0.237. The first-order chi connectivity index (χ1) is 16.5. The van der Waals surface area contributed by atoms with Gasteiger partial charge in [-0.1, -0.05) is 17.4 Å². The molecule has 4 rings (SSSR count). The molecule has 1 aliphatic rings. The Morgan fingerprint density at radius 1 is 1.09 bits per heavy atom. The molecule has 0 spiro atoms. The van der Waals surface area contributed by atoms with Crippen LogP contribution in [-0.4, -0.2) is 81.0 Å². The van der Waals surface area contributed by atoms with Crippen molar-refractivity contribution in [1.82, 2.24) is 14.2 Å². The van der Waals surface area contributed by atoms with E-state index in [4.69, 9.17) is 9.72 Å². The van der Waals surface area contributed by atoms with Crippen molar-refractivity contribution in [3.63, 3.8) is 0 Å². The smallest absolute Gasteiger partial charge is 0.260 e. The molecule has 35 heavy (non-hydrogen) atoms. The third kappa shape index (κ3) is 5.73. The van der Waals surface area contributed by atoms with E-state index in [-0.39, 0.29) is 23.0 Å². The van der Waals surface area contributed by atoms with Gasteiger partial charge in [-0.3, -0.25) is 9.69 Å². The molecule has 2 heterocycles. The molecule has 1 amide bonds. The van der Waals surface area contributed by atoms with Gasteiger partial charge < -0.3 is 9.64 Å². The summed E-state index contributed by atoms with van der Waals surface area (Å²) in [4.78, 5) is 22.1. The predicted molar refractivity (Wildman–Crippen MR) is 140 cm³/mol. The number of rotatable bonds is 7. The van der Waals surface area contributed by atoms with Crippen LogP contribution in [0, 0.1) is 6.92 Å². The van der Waals surface area contributed by atoms with Gasteiger partial charge in [-0.2, -0.15) is 4.31 Å². The Hall–Kier alpha value is -2.37. The van der Waals surface area contributed by atoms with Gasteiger partial charge >= 0.3 is 0 Å². The second-order valence-corrected chi connectivity index (χ2v) is 12.3. The standard InChI is InChI=1S/C25H32N4O4S2/c1-17-6-11-22-23(14-17)34-25(26-22)29(13-12-27(4)5)24(30)20-7-9-21(10-8-20)35(31,32)28-15-18(2)33-19(3)16-28/h6-11,14,18-19H,12-13,15-16H2,1-5H3/t18-,19-/m0/s1. The van der Waals surface area contributed by atoms with Gasteiger partial charge in [0.05, 0.1) is 27.3 Å². The zero-order valence-corrected chi connectivity index (χ0v) is 22.4. The van der Waals surface area contributed by atoms with E-state index in [2.05, 4.69) is 6.07 Å². The Kier molecular flexibility index (Phi) is 7.58. The highest BCUT2D eigenvalue weighted by atomic mass is 32.2. The lowest BCUT2D eigenvalue weighted by Gasteiger charge is -2.34. The molecule has 8 nitrogen and oxygen atoms in total. The number of anilines is 1. The van der Waals surface area contributed by atoms with E-state index >= 15 is 0 Å². The van der Waals surface area contributed by atoms with Crippen molar-refractivity contribution in [3.05, 3.63) is 53.6 Å². The maximum atomic E-state index is 13.5. The number of nitrogens with zero attached hydrogens (tertiary/aromatic N) is 4. The maximum absolute atomic E-state index is 13.5. The summed E-state index contributed by atoms with van der Waals surface area (Å²) in [5, 5.41) is 0.630. The minimum absolute atomic E-state index is 0.169. The third-order valence-corrected chi connectivity index (χ3v) is 8.79. The van der Waals surface area contributed by atoms with Crippen LogP contribution in [0.5, 0.6) is 0 Å².